The fraction of sp³-hybridized carbons (Fsp3) is 0.150. The minimum Gasteiger partial charge on any atom is -0.331 e. The highest BCUT2D eigenvalue weighted by Gasteiger charge is 2.31. The summed E-state index contributed by atoms with van der Waals surface area (Å²) in [7, 11) is 0. The van der Waals surface area contributed by atoms with Crippen molar-refractivity contribution in [3.8, 4) is 0 Å². The summed E-state index contributed by atoms with van der Waals surface area (Å²) in [6, 6.07) is 20.3. The average Bonchev–Trinajstić information content (AvgIpc) is 2.98. The highest BCUT2D eigenvalue weighted by Crippen LogP contribution is 2.30. The molecule has 1 atom stereocenters. The number of hydrogen-bond acceptors (Lipinski definition) is 1. The fourth-order valence-electron chi connectivity index (χ4n) is 3.37. The molecule has 0 bridgehead atoms. The average molecular weight is 302 g/mol. The van der Waals surface area contributed by atoms with Gasteiger partial charge in [-0.1, -0.05) is 54.6 Å². The first-order valence-corrected chi connectivity index (χ1v) is 7.83. The minimum absolute atomic E-state index is 0.0863. The van der Waals surface area contributed by atoms with Crippen LogP contribution in [-0.4, -0.2) is 21.9 Å². The van der Waals surface area contributed by atoms with Crippen molar-refractivity contribution in [1.82, 2.24) is 9.47 Å². The van der Waals surface area contributed by atoms with E-state index in [1.165, 1.54) is 0 Å². The Kier molecular flexibility index (Phi) is 3.27. The van der Waals surface area contributed by atoms with E-state index in [4.69, 9.17) is 0 Å². The van der Waals surface area contributed by atoms with E-state index in [9.17, 15) is 4.79 Å². The summed E-state index contributed by atoms with van der Waals surface area (Å²) >= 11 is 0. The Morgan fingerprint density at radius 1 is 1.09 bits per heavy atom. The molecular formula is C20H18N2O. The number of carbonyl (C=O) groups excluding carboxylic acids is 1. The van der Waals surface area contributed by atoms with Crippen LogP contribution < -0.4 is 0 Å². The number of rotatable bonds is 3. The summed E-state index contributed by atoms with van der Waals surface area (Å²) in [6.07, 6.45) is 1.93. The second kappa shape index (κ2) is 5.43. The molecule has 1 aliphatic heterocycles. The van der Waals surface area contributed by atoms with E-state index in [0.717, 1.165) is 22.2 Å². The number of amides is 1. The van der Waals surface area contributed by atoms with Crippen molar-refractivity contribution in [1.29, 1.82) is 0 Å². The third kappa shape index (κ3) is 2.25. The molecule has 2 aromatic carbocycles. The lowest BCUT2D eigenvalue weighted by Gasteiger charge is -2.33. The lowest BCUT2D eigenvalue weighted by Crippen LogP contribution is -2.41. The van der Waals surface area contributed by atoms with Gasteiger partial charge in [-0.2, -0.15) is 0 Å². The Labute approximate surface area is 135 Å². The number of aromatic nitrogens is 1. The van der Waals surface area contributed by atoms with Crippen molar-refractivity contribution in [2.24, 2.45) is 0 Å². The van der Waals surface area contributed by atoms with Crippen LogP contribution in [0.2, 0.25) is 0 Å². The minimum atomic E-state index is 0.0863. The van der Waals surface area contributed by atoms with Gasteiger partial charge in [-0.25, -0.2) is 0 Å². The molecule has 0 N–H and O–H groups in total. The number of fused-ring (bicyclic) bond motifs is 3. The summed E-state index contributed by atoms with van der Waals surface area (Å²) in [5, 5.41) is 1.10. The zero-order valence-corrected chi connectivity index (χ0v) is 12.9. The normalized spacial score (nSPS) is 17.3. The molecule has 0 aliphatic carbocycles. The van der Waals surface area contributed by atoms with Crippen LogP contribution in [0.1, 0.15) is 22.1 Å². The highest BCUT2D eigenvalue weighted by atomic mass is 16.2. The third-order valence-corrected chi connectivity index (χ3v) is 4.48. The lowest BCUT2D eigenvalue weighted by molar-refractivity contribution is 0.0676. The van der Waals surface area contributed by atoms with Crippen molar-refractivity contribution < 1.29 is 4.79 Å². The molecule has 1 aliphatic rings. The number of nitrogens with zero attached hydrogens (tertiary/aromatic N) is 2. The van der Waals surface area contributed by atoms with E-state index in [1.54, 1.807) is 0 Å². The molecule has 3 heteroatoms. The topological polar surface area (TPSA) is 25.2 Å². The van der Waals surface area contributed by atoms with Gasteiger partial charge in [0.15, 0.2) is 0 Å². The molecule has 0 unspecified atom stereocenters. The Morgan fingerprint density at radius 2 is 1.83 bits per heavy atom. The molecule has 0 fully saturated rings. The van der Waals surface area contributed by atoms with Gasteiger partial charge in [-0.15, -0.1) is 6.58 Å². The van der Waals surface area contributed by atoms with Gasteiger partial charge in [-0.3, -0.25) is 4.79 Å². The van der Waals surface area contributed by atoms with Gasteiger partial charge in [0.25, 0.3) is 5.91 Å². The Morgan fingerprint density at radius 3 is 2.61 bits per heavy atom. The highest BCUT2D eigenvalue weighted by molar-refractivity contribution is 5.99. The van der Waals surface area contributed by atoms with Gasteiger partial charge in [0, 0.05) is 24.0 Å². The molecule has 2 heterocycles. The SMILES string of the molecule is C=C[C@@H]1CN(Cc2ccccc2)C(=O)c2cc3ccccc3n21. The van der Waals surface area contributed by atoms with E-state index >= 15 is 0 Å². The fourth-order valence-corrected chi connectivity index (χ4v) is 3.37. The number of benzene rings is 2. The van der Waals surface area contributed by atoms with Gasteiger partial charge in [-0.05, 0) is 17.7 Å². The van der Waals surface area contributed by atoms with Crippen LogP contribution in [0.5, 0.6) is 0 Å². The molecule has 23 heavy (non-hydrogen) atoms. The zero-order valence-electron chi connectivity index (χ0n) is 12.9. The van der Waals surface area contributed by atoms with Crippen LogP contribution in [0, 0.1) is 0 Å². The summed E-state index contributed by atoms with van der Waals surface area (Å²) in [5.41, 5.74) is 2.99. The summed E-state index contributed by atoms with van der Waals surface area (Å²) < 4.78 is 2.12. The van der Waals surface area contributed by atoms with Gasteiger partial charge in [0.2, 0.25) is 0 Å². The first-order valence-electron chi connectivity index (χ1n) is 7.83. The first kappa shape index (κ1) is 13.8. The van der Waals surface area contributed by atoms with Crippen molar-refractivity contribution >= 4 is 16.8 Å². The lowest BCUT2D eigenvalue weighted by atomic mass is 10.1. The van der Waals surface area contributed by atoms with Crippen LogP contribution in [0.25, 0.3) is 10.9 Å². The monoisotopic (exact) mass is 302 g/mol. The molecule has 4 rings (SSSR count). The molecule has 0 saturated carbocycles. The molecule has 0 spiro atoms. The van der Waals surface area contributed by atoms with E-state index in [-0.39, 0.29) is 11.9 Å². The van der Waals surface area contributed by atoms with Crippen LogP contribution in [0.3, 0.4) is 0 Å². The Balaban J connectivity index is 1.77. The predicted molar refractivity (Wildman–Crippen MR) is 92.4 cm³/mol. The zero-order chi connectivity index (χ0) is 15.8. The van der Waals surface area contributed by atoms with Crippen LogP contribution >= 0.6 is 0 Å². The van der Waals surface area contributed by atoms with E-state index < -0.39 is 0 Å². The molecule has 0 radical (unpaired) electrons. The second-order valence-corrected chi connectivity index (χ2v) is 5.93. The van der Waals surface area contributed by atoms with E-state index in [0.29, 0.717) is 13.1 Å². The summed E-state index contributed by atoms with van der Waals surface area (Å²) in [6.45, 7) is 5.26. The summed E-state index contributed by atoms with van der Waals surface area (Å²) in [5.74, 6) is 0.0863. The largest absolute Gasteiger partial charge is 0.331 e. The predicted octanol–water partition coefficient (Wildman–Crippen LogP) is 4.02. The second-order valence-electron chi connectivity index (χ2n) is 5.93. The molecule has 0 saturated heterocycles. The number of hydrogen-bond donors (Lipinski definition) is 0. The molecule has 1 amide bonds. The molecular weight excluding hydrogens is 284 g/mol. The maximum Gasteiger partial charge on any atom is 0.270 e. The van der Waals surface area contributed by atoms with Crippen molar-refractivity contribution in [3.63, 3.8) is 0 Å². The van der Waals surface area contributed by atoms with Crippen molar-refractivity contribution in [2.45, 2.75) is 12.6 Å². The third-order valence-electron chi connectivity index (χ3n) is 4.48. The maximum atomic E-state index is 12.9. The van der Waals surface area contributed by atoms with Crippen molar-refractivity contribution in [3.05, 3.63) is 84.6 Å². The molecule has 3 nitrogen and oxygen atoms in total. The van der Waals surface area contributed by atoms with Gasteiger partial charge >= 0.3 is 0 Å². The van der Waals surface area contributed by atoms with E-state index in [2.05, 4.69) is 35.4 Å². The van der Waals surface area contributed by atoms with Crippen LogP contribution in [-0.2, 0) is 6.54 Å². The molecule has 114 valence electrons. The standard InChI is InChI=1S/C20H18N2O/c1-2-17-14-21(13-15-8-4-3-5-9-15)20(23)19-12-16-10-6-7-11-18(16)22(17)19/h2-12,17H,1,13-14H2/t17-/m1/s1. The van der Waals surface area contributed by atoms with Crippen LogP contribution in [0.4, 0.5) is 0 Å². The smallest absolute Gasteiger partial charge is 0.270 e. The van der Waals surface area contributed by atoms with E-state index in [1.807, 2.05) is 47.4 Å². The number of para-hydroxylation sites is 1. The summed E-state index contributed by atoms with van der Waals surface area (Å²) in [4.78, 5) is 14.8. The van der Waals surface area contributed by atoms with Gasteiger partial charge in [0.05, 0.1) is 6.04 Å². The Hall–Kier alpha value is -2.81. The number of carbonyl (C=O) groups is 1. The van der Waals surface area contributed by atoms with Crippen LogP contribution in [0.15, 0.2) is 73.3 Å². The van der Waals surface area contributed by atoms with Crippen molar-refractivity contribution in [2.75, 3.05) is 6.54 Å². The quantitative estimate of drug-likeness (QED) is 0.671. The maximum absolute atomic E-state index is 12.9. The molecule has 1 aromatic heterocycles. The Bertz CT molecular complexity index is 879. The van der Waals surface area contributed by atoms with Gasteiger partial charge < -0.3 is 9.47 Å². The van der Waals surface area contributed by atoms with Gasteiger partial charge in [0.1, 0.15) is 5.69 Å². The first-order chi connectivity index (χ1) is 11.3. The molecule has 3 aromatic rings.